The van der Waals surface area contributed by atoms with E-state index in [9.17, 15) is 0 Å². The van der Waals surface area contributed by atoms with E-state index in [2.05, 4.69) is 57.3 Å². The lowest BCUT2D eigenvalue weighted by atomic mass is 10.0. The third-order valence-electron chi connectivity index (χ3n) is 1.96. The molecule has 76 valence electrons. The Balaban J connectivity index is 3.93. The van der Waals surface area contributed by atoms with E-state index in [0.29, 0.717) is 5.92 Å². The summed E-state index contributed by atoms with van der Waals surface area (Å²) in [7, 11) is 4.12. The van der Waals surface area contributed by atoms with E-state index >= 15 is 0 Å². The van der Waals surface area contributed by atoms with Gasteiger partial charge in [-0.15, -0.1) is 0 Å². The summed E-state index contributed by atoms with van der Waals surface area (Å²) in [6.07, 6.45) is 12.7. The van der Waals surface area contributed by atoms with E-state index in [1.165, 1.54) is 19.3 Å². The minimum absolute atomic E-state index is 0.618. The van der Waals surface area contributed by atoms with Crippen LogP contribution in [-0.4, -0.2) is 19.0 Å². The van der Waals surface area contributed by atoms with Gasteiger partial charge in [0.05, 0.1) is 0 Å². The Hall–Kier alpha value is -0.720. The Labute approximate surface area is 83.1 Å². The molecule has 0 radical (unpaired) electrons. The fraction of sp³-hybridized carbons (Fsp3) is 0.667. The third-order valence-corrected chi connectivity index (χ3v) is 1.96. The van der Waals surface area contributed by atoms with Gasteiger partial charge in [-0.3, -0.25) is 0 Å². The minimum Gasteiger partial charge on any atom is -0.384 e. The van der Waals surface area contributed by atoms with Gasteiger partial charge >= 0.3 is 0 Å². The lowest BCUT2D eigenvalue weighted by Crippen LogP contribution is -2.02. The van der Waals surface area contributed by atoms with Crippen LogP contribution in [0.2, 0.25) is 0 Å². The van der Waals surface area contributed by atoms with Gasteiger partial charge in [-0.1, -0.05) is 38.0 Å². The van der Waals surface area contributed by atoms with Gasteiger partial charge in [0.1, 0.15) is 0 Å². The maximum absolute atomic E-state index is 2.27. The molecule has 0 rings (SSSR count). The molecule has 0 aromatic rings. The van der Waals surface area contributed by atoms with Gasteiger partial charge in [0.15, 0.2) is 0 Å². The molecule has 0 aliphatic rings. The fourth-order valence-electron chi connectivity index (χ4n) is 1.23. The van der Waals surface area contributed by atoms with Crippen molar-refractivity contribution in [3.63, 3.8) is 0 Å². The van der Waals surface area contributed by atoms with Crippen LogP contribution in [0.3, 0.4) is 0 Å². The van der Waals surface area contributed by atoms with Crippen molar-refractivity contribution in [2.75, 3.05) is 14.1 Å². The van der Waals surface area contributed by atoms with Crippen molar-refractivity contribution in [1.82, 2.24) is 4.90 Å². The van der Waals surface area contributed by atoms with Crippen molar-refractivity contribution in [1.29, 1.82) is 0 Å². The molecule has 1 nitrogen and oxygen atoms in total. The zero-order chi connectivity index (χ0) is 10.1. The van der Waals surface area contributed by atoms with Crippen LogP contribution >= 0.6 is 0 Å². The van der Waals surface area contributed by atoms with Gasteiger partial charge in [0.25, 0.3) is 0 Å². The summed E-state index contributed by atoms with van der Waals surface area (Å²) in [5.41, 5.74) is 0. The fourth-order valence-corrected chi connectivity index (χ4v) is 1.23. The standard InChI is InChI=1S/C12H23N/c1-5-7-9-12(8-6-2)10-11-13(3)4/h6,8,10-12H,5,7,9H2,1-4H3/b8-6+,11-10-. The largest absolute Gasteiger partial charge is 0.384 e. The Morgan fingerprint density at radius 3 is 2.38 bits per heavy atom. The first kappa shape index (κ1) is 12.3. The number of nitrogens with zero attached hydrogens (tertiary/aromatic N) is 1. The molecule has 0 aromatic carbocycles. The van der Waals surface area contributed by atoms with Gasteiger partial charge in [-0.05, 0) is 25.5 Å². The Morgan fingerprint density at radius 2 is 1.92 bits per heavy atom. The number of rotatable bonds is 6. The second kappa shape index (κ2) is 7.90. The van der Waals surface area contributed by atoms with Crippen molar-refractivity contribution in [2.24, 2.45) is 5.92 Å². The van der Waals surface area contributed by atoms with Crippen LogP contribution in [0, 0.1) is 5.92 Å². The number of allylic oxidation sites excluding steroid dienone is 3. The molecule has 0 heterocycles. The lowest BCUT2D eigenvalue weighted by Gasteiger charge is -2.09. The van der Waals surface area contributed by atoms with E-state index < -0.39 is 0 Å². The summed E-state index contributed by atoms with van der Waals surface area (Å²) in [6.45, 7) is 4.32. The molecule has 0 amide bonds. The normalized spacial score (nSPS) is 14.2. The molecule has 0 aliphatic heterocycles. The number of hydrogen-bond donors (Lipinski definition) is 0. The van der Waals surface area contributed by atoms with Gasteiger partial charge in [-0.2, -0.15) is 0 Å². The van der Waals surface area contributed by atoms with E-state index in [0.717, 1.165) is 0 Å². The van der Waals surface area contributed by atoms with E-state index in [1.807, 2.05) is 0 Å². The summed E-state index contributed by atoms with van der Waals surface area (Å²) in [5, 5.41) is 0. The molecule has 0 N–H and O–H groups in total. The first-order chi connectivity index (χ1) is 6.20. The molecule has 0 aliphatic carbocycles. The maximum atomic E-state index is 2.27. The molecule has 0 saturated carbocycles. The number of hydrogen-bond acceptors (Lipinski definition) is 1. The van der Waals surface area contributed by atoms with Crippen LogP contribution in [-0.2, 0) is 0 Å². The second-order valence-corrected chi connectivity index (χ2v) is 3.64. The maximum Gasteiger partial charge on any atom is 0.00555 e. The van der Waals surface area contributed by atoms with Crippen LogP contribution in [0.5, 0.6) is 0 Å². The van der Waals surface area contributed by atoms with E-state index in [1.54, 1.807) is 0 Å². The molecular weight excluding hydrogens is 158 g/mol. The summed E-state index contributed by atoms with van der Waals surface area (Å²) >= 11 is 0. The highest BCUT2D eigenvalue weighted by atomic mass is 15.0. The molecule has 1 unspecified atom stereocenters. The van der Waals surface area contributed by atoms with Crippen molar-refractivity contribution >= 4 is 0 Å². The monoisotopic (exact) mass is 181 g/mol. The van der Waals surface area contributed by atoms with Crippen molar-refractivity contribution in [2.45, 2.75) is 33.1 Å². The van der Waals surface area contributed by atoms with Crippen molar-refractivity contribution < 1.29 is 0 Å². The first-order valence-electron chi connectivity index (χ1n) is 5.18. The average molecular weight is 181 g/mol. The smallest absolute Gasteiger partial charge is 0.00555 e. The van der Waals surface area contributed by atoms with Crippen LogP contribution in [0.15, 0.2) is 24.4 Å². The first-order valence-corrected chi connectivity index (χ1v) is 5.18. The highest BCUT2D eigenvalue weighted by molar-refractivity contribution is 4.98. The Kier molecular flexibility index (Phi) is 7.47. The van der Waals surface area contributed by atoms with Crippen molar-refractivity contribution in [3.05, 3.63) is 24.4 Å². The highest BCUT2D eigenvalue weighted by Crippen LogP contribution is 2.11. The molecule has 0 bridgehead atoms. The van der Waals surface area contributed by atoms with E-state index in [-0.39, 0.29) is 0 Å². The quantitative estimate of drug-likeness (QED) is 0.567. The third kappa shape index (κ3) is 7.63. The molecule has 0 fully saturated rings. The summed E-state index contributed by atoms with van der Waals surface area (Å²) in [6, 6.07) is 0. The van der Waals surface area contributed by atoms with Crippen LogP contribution in [0.25, 0.3) is 0 Å². The molecule has 1 heteroatoms. The van der Waals surface area contributed by atoms with Crippen molar-refractivity contribution in [3.8, 4) is 0 Å². The predicted octanol–water partition coefficient (Wildman–Crippen LogP) is 3.44. The van der Waals surface area contributed by atoms with Crippen LogP contribution < -0.4 is 0 Å². The molecule has 13 heavy (non-hydrogen) atoms. The van der Waals surface area contributed by atoms with Crippen LogP contribution in [0.4, 0.5) is 0 Å². The van der Waals surface area contributed by atoms with Gasteiger partial charge in [-0.25, -0.2) is 0 Å². The molecule has 1 atom stereocenters. The second-order valence-electron chi connectivity index (χ2n) is 3.64. The Bertz CT molecular complexity index is 157. The topological polar surface area (TPSA) is 3.24 Å². The van der Waals surface area contributed by atoms with Gasteiger partial charge < -0.3 is 4.90 Å². The molecule has 0 saturated heterocycles. The zero-order valence-electron chi connectivity index (χ0n) is 9.46. The SMILES string of the molecule is C/C=C/C(/C=C\N(C)C)CCCC. The predicted molar refractivity (Wildman–Crippen MR) is 60.7 cm³/mol. The minimum atomic E-state index is 0.618. The molecule has 0 spiro atoms. The van der Waals surface area contributed by atoms with Crippen LogP contribution in [0.1, 0.15) is 33.1 Å². The Morgan fingerprint density at radius 1 is 1.23 bits per heavy atom. The average Bonchev–Trinajstić information content (AvgIpc) is 2.09. The summed E-state index contributed by atoms with van der Waals surface area (Å²) in [5.74, 6) is 0.618. The number of unbranched alkanes of at least 4 members (excludes halogenated alkanes) is 1. The zero-order valence-corrected chi connectivity index (χ0v) is 9.46. The van der Waals surface area contributed by atoms with Gasteiger partial charge in [0.2, 0.25) is 0 Å². The molecular formula is C12H23N. The summed E-state index contributed by atoms with van der Waals surface area (Å²) < 4.78 is 0. The highest BCUT2D eigenvalue weighted by Gasteiger charge is 1.98. The summed E-state index contributed by atoms with van der Waals surface area (Å²) in [4.78, 5) is 2.09. The lowest BCUT2D eigenvalue weighted by molar-refractivity contribution is 0.550. The molecule has 0 aromatic heterocycles. The van der Waals surface area contributed by atoms with Gasteiger partial charge in [0, 0.05) is 14.1 Å². The van der Waals surface area contributed by atoms with E-state index in [4.69, 9.17) is 0 Å².